The van der Waals surface area contributed by atoms with Gasteiger partial charge in [-0.25, -0.2) is 4.79 Å². The zero-order chi connectivity index (χ0) is 13.7. The number of benzene rings is 1. The first-order chi connectivity index (χ1) is 9.20. The van der Waals surface area contributed by atoms with Crippen molar-refractivity contribution in [2.24, 2.45) is 0 Å². The molecule has 0 unspecified atom stereocenters. The van der Waals surface area contributed by atoms with Gasteiger partial charge >= 0.3 is 5.97 Å². The molecule has 0 fully saturated rings. The number of hydrogen-bond acceptors (Lipinski definition) is 5. The number of allylic oxidation sites excluding steroid dienone is 1. The van der Waals surface area contributed by atoms with E-state index in [-0.39, 0.29) is 11.8 Å². The molecule has 0 bridgehead atoms. The molecular weight excluding hydrogens is 262 g/mol. The molecule has 0 N–H and O–H groups in total. The normalized spacial score (nSPS) is 10.6. The number of carbonyl (C=O) groups excluding carboxylic acids is 2. The second kappa shape index (κ2) is 6.06. The van der Waals surface area contributed by atoms with E-state index < -0.39 is 0 Å². The molecule has 1 heterocycles. The molecule has 4 nitrogen and oxygen atoms in total. The molecule has 0 radical (unpaired) electrons. The van der Waals surface area contributed by atoms with E-state index in [2.05, 4.69) is 9.72 Å². The molecule has 2 rings (SSSR count). The Bertz CT molecular complexity index is 600. The molecule has 0 saturated heterocycles. The zero-order valence-electron chi connectivity index (χ0n) is 10.2. The number of esters is 1. The van der Waals surface area contributed by atoms with Gasteiger partial charge in [0.15, 0.2) is 5.78 Å². The van der Waals surface area contributed by atoms with Crippen LogP contribution in [0.3, 0.4) is 0 Å². The molecule has 19 heavy (non-hydrogen) atoms. The van der Waals surface area contributed by atoms with E-state index in [1.54, 1.807) is 35.9 Å². The highest BCUT2D eigenvalue weighted by Crippen LogP contribution is 2.10. The lowest BCUT2D eigenvalue weighted by molar-refractivity contribution is 0.0600. The molecule has 1 aromatic heterocycles. The summed E-state index contributed by atoms with van der Waals surface area (Å²) in [4.78, 5) is 27.4. The molecule has 0 aliphatic heterocycles. The van der Waals surface area contributed by atoms with Crippen LogP contribution in [0, 0.1) is 0 Å². The summed E-state index contributed by atoms with van der Waals surface area (Å²) in [6, 6.07) is 6.82. The van der Waals surface area contributed by atoms with E-state index in [1.807, 2.05) is 0 Å². The maximum atomic E-state index is 11.7. The zero-order valence-corrected chi connectivity index (χ0v) is 11.0. The highest BCUT2D eigenvalue weighted by Gasteiger charge is 2.04. The molecule has 0 atom stereocenters. The minimum Gasteiger partial charge on any atom is -0.465 e. The van der Waals surface area contributed by atoms with Crippen LogP contribution in [0.25, 0.3) is 6.08 Å². The molecule has 2 aromatic rings. The molecule has 1 aromatic carbocycles. The summed E-state index contributed by atoms with van der Waals surface area (Å²) >= 11 is 1.30. The first kappa shape index (κ1) is 13.2. The number of carbonyl (C=O) groups is 2. The van der Waals surface area contributed by atoms with Crippen molar-refractivity contribution in [1.82, 2.24) is 4.98 Å². The molecule has 0 aliphatic carbocycles. The summed E-state index contributed by atoms with van der Waals surface area (Å²) in [5.74, 6) is -0.462. The van der Waals surface area contributed by atoms with Gasteiger partial charge in [-0.1, -0.05) is 18.2 Å². The molecule has 0 aliphatic rings. The average Bonchev–Trinajstić information content (AvgIpc) is 2.98. The fourth-order valence-corrected chi connectivity index (χ4v) is 1.98. The van der Waals surface area contributed by atoms with Crippen LogP contribution in [0.4, 0.5) is 0 Å². The number of ether oxygens (including phenoxy) is 1. The third-order valence-corrected chi connectivity index (χ3v) is 3.22. The van der Waals surface area contributed by atoms with Crippen LogP contribution in [0.2, 0.25) is 0 Å². The van der Waals surface area contributed by atoms with Gasteiger partial charge in [-0.15, -0.1) is 11.3 Å². The fraction of sp³-hybridized carbons (Fsp3) is 0.0714. The van der Waals surface area contributed by atoms with Gasteiger partial charge in [0.05, 0.1) is 23.1 Å². The Hall–Kier alpha value is -2.27. The highest BCUT2D eigenvalue weighted by molar-refractivity contribution is 7.11. The lowest BCUT2D eigenvalue weighted by Gasteiger charge is -1.99. The van der Waals surface area contributed by atoms with E-state index in [1.165, 1.54) is 30.7 Å². The van der Waals surface area contributed by atoms with Gasteiger partial charge in [-0.05, 0) is 23.8 Å². The number of rotatable bonds is 4. The standard InChI is InChI=1S/C14H11NO3S/c1-18-14(17)11-5-2-10(3-6-11)4-7-12(16)13-8-15-9-19-13/h2-9H,1H3. The van der Waals surface area contributed by atoms with Crippen LogP contribution in [-0.4, -0.2) is 23.8 Å². The number of hydrogen-bond donors (Lipinski definition) is 0. The van der Waals surface area contributed by atoms with Crippen molar-refractivity contribution in [3.63, 3.8) is 0 Å². The lowest BCUT2D eigenvalue weighted by Crippen LogP contribution is -2.00. The summed E-state index contributed by atoms with van der Waals surface area (Å²) in [6.07, 6.45) is 4.72. The lowest BCUT2D eigenvalue weighted by atomic mass is 10.1. The summed E-state index contributed by atoms with van der Waals surface area (Å²) in [7, 11) is 1.34. The predicted octanol–water partition coefficient (Wildman–Crippen LogP) is 2.83. The SMILES string of the molecule is COC(=O)c1ccc(C=CC(=O)c2cncs2)cc1. The van der Waals surface area contributed by atoms with Gasteiger partial charge in [0.2, 0.25) is 0 Å². The third-order valence-electron chi connectivity index (χ3n) is 2.43. The van der Waals surface area contributed by atoms with Crippen LogP contribution in [0.15, 0.2) is 42.0 Å². The fourth-order valence-electron chi connectivity index (χ4n) is 1.44. The van der Waals surface area contributed by atoms with Crippen molar-refractivity contribution in [3.8, 4) is 0 Å². The Balaban J connectivity index is 2.07. The van der Waals surface area contributed by atoms with Crippen molar-refractivity contribution in [3.05, 3.63) is 58.1 Å². The predicted molar refractivity (Wildman–Crippen MR) is 73.3 cm³/mol. The van der Waals surface area contributed by atoms with Crippen molar-refractivity contribution < 1.29 is 14.3 Å². The minimum atomic E-state index is -0.378. The number of nitrogens with zero attached hydrogens (tertiary/aromatic N) is 1. The van der Waals surface area contributed by atoms with Crippen molar-refractivity contribution in [1.29, 1.82) is 0 Å². The van der Waals surface area contributed by atoms with Gasteiger partial charge in [0.25, 0.3) is 0 Å². The summed E-state index contributed by atoms with van der Waals surface area (Å²) in [5, 5.41) is 0. The third kappa shape index (κ3) is 3.35. The Labute approximate surface area is 114 Å². The maximum absolute atomic E-state index is 11.7. The van der Waals surface area contributed by atoms with Gasteiger partial charge in [0, 0.05) is 6.20 Å². The van der Waals surface area contributed by atoms with Crippen molar-refractivity contribution >= 4 is 29.2 Å². The summed E-state index contributed by atoms with van der Waals surface area (Å²) < 4.78 is 4.61. The van der Waals surface area contributed by atoms with Crippen LogP contribution < -0.4 is 0 Å². The van der Waals surface area contributed by atoms with Gasteiger partial charge < -0.3 is 4.74 Å². The monoisotopic (exact) mass is 273 g/mol. The smallest absolute Gasteiger partial charge is 0.337 e. The Kier molecular flexibility index (Phi) is 4.20. The summed E-state index contributed by atoms with van der Waals surface area (Å²) in [5.41, 5.74) is 2.94. The molecule has 96 valence electrons. The quantitative estimate of drug-likeness (QED) is 0.488. The number of thiazole rings is 1. The van der Waals surface area contributed by atoms with Crippen LogP contribution >= 0.6 is 11.3 Å². The molecule has 0 saturated carbocycles. The number of ketones is 1. The van der Waals surface area contributed by atoms with Crippen LogP contribution in [0.1, 0.15) is 25.6 Å². The van der Waals surface area contributed by atoms with E-state index >= 15 is 0 Å². The van der Waals surface area contributed by atoms with E-state index in [0.717, 1.165) is 5.56 Å². The van der Waals surface area contributed by atoms with Crippen LogP contribution in [0.5, 0.6) is 0 Å². The van der Waals surface area contributed by atoms with Crippen molar-refractivity contribution in [2.45, 2.75) is 0 Å². The van der Waals surface area contributed by atoms with Crippen molar-refractivity contribution in [2.75, 3.05) is 7.11 Å². The minimum absolute atomic E-state index is 0.0838. The van der Waals surface area contributed by atoms with Gasteiger partial charge in [-0.2, -0.15) is 0 Å². The molecular formula is C14H11NO3S. The van der Waals surface area contributed by atoms with Gasteiger partial charge in [0.1, 0.15) is 0 Å². The first-order valence-corrected chi connectivity index (χ1v) is 6.38. The molecule has 0 spiro atoms. The van der Waals surface area contributed by atoms with E-state index in [0.29, 0.717) is 10.4 Å². The maximum Gasteiger partial charge on any atom is 0.337 e. The first-order valence-electron chi connectivity index (χ1n) is 5.50. The number of aromatic nitrogens is 1. The molecule has 0 amide bonds. The topological polar surface area (TPSA) is 56.3 Å². The number of methoxy groups -OCH3 is 1. The highest BCUT2D eigenvalue weighted by atomic mass is 32.1. The Morgan fingerprint density at radius 2 is 2.00 bits per heavy atom. The Morgan fingerprint density at radius 3 is 2.58 bits per heavy atom. The largest absolute Gasteiger partial charge is 0.465 e. The van der Waals surface area contributed by atoms with E-state index in [9.17, 15) is 9.59 Å². The molecule has 5 heteroatoms. The second-order valence-corrected chi connectivity index (χ2v) is 4.56. The second-order valence-electron chi connectivity index (χ2n) is 3.68. The summed E-state index contributed by atoms with van der Waals surface area (Å²) in [6.45, 7) is 0. The van der Waals surface area contributed by atoms with Gasteiger partial charge in [-0.3, -0.25) is 9.78 Å². The Morgan fingerprint density at radius 1 is 1.26 bits per heavy atom. The van der Waals surface area contributed by atoms with E-state index in [4.69, 9.17) is 0 Å². The average molecular weight is 273 g/mol. The van der Waals surface area contributed by atoms with Crippen LogP contribution in [-0.2, 0) is 4.74 Å².